The second kappa shape index (κ2) is 7.51. The summed E-state index contributed by atoms with van der Waals surface area (Å²) in [6, 6.07) is 0.261. The molecule has 0 spiro atoms. The molecular formula is C11H21NO3. The van der Waals surface area contributed by atoms with Gasteiger partial charge in [-0.05, 0) is 12.8 Å². The van der Waals surface area contributed by atoms with Crippen molar-refractivity contribution < 1.29 is 14.6 Å². The second-order valence-corrected chi connectivity index (χ2v) is 4.05. The topological polar surface area (TPSA) is 58.6 Å². The normalized spacial score (nSPS) is 19.0. The second-order valence-electron chi connectivity index (χ2n) is 4.05. The highest BCUT2D eigenvalue weighted by Crippen LogP contribution is 2.16. The summed E-state index contributed by atoms with van der Waals surface area (Å²) >= 11 is 0. The van der Waals surface area contributed by atoms with Gasteiger partial charge in [0.2, 0.25) is 0 Å². The maximum atomic E-state index is 11.2. The van der Waals surface area contributed by atoms with Crippen molar-refractivity contribution in [2.75, 3.05) is 13.2 Å². The van der Waals surface area contributed by atoms with E-state index in [4.69, 9.17) is 9.84 Å². The molecular weight excluding hydrogens is 194 g/mol. The van der Waals surface area contributed by atoms with Gasteiger partial charge in [-0.15, -0.1) is 0 Å². The Labute approximate surface area is 91.0 Å². The first kappa shape index (κ1) is 12.3. The molecule has 4 nitrogen and oxygen atoms in total. The van der Waals surface area contributed by atoms with Crippen LogP contribution in [0.2, 0.25) is 0 Å². The molecule has 1 amide bonds. The van der Waals surface area contributed by atoms with Crippen LogP contribution in [-0.4, -0.2) is 30.5 Å². The van der Waals surface area contributed by atoms with Crippen molar-refractivity contribution in [2.45, 2.75) is 51.0 Å². The number of aliphatic hydroxyl groups excluding tert-OH is 1. The quantitative estimate of drug-likeness (QED) is 0.755. The smallest absolute Gasteiger partial charge is 0.407 e. The first-order valence-corrected chi connectivity index (χ1v) is 5.87. The van der Waals surface area contributed by atoms with Crippen molar-refractivity contribution >= 4 is 6.09 Å². The van der Waals surface area contributed by atoms with E-state index in [9.17, 15) is 4.79 Å². The lowest BCUT2D eigenvalue weighted by Crippen LogP contribution is -2.36. The zero-order valence-electron chi connectivity index (χ0n) is 9.21. The number of rotatable bonds is 3. The number of hydrogen-bond acceptors (Lipinski definition) is 3. The Morgan fingerprint density at radius 2 is 1.80 bits per heavy atom. The van der Waals surface area contributed by atoms with Crippen molar-refractivity contribution in [2.24, 2.45) is 0 Å². The third-order valence-electron chi connectivity index (χ3n) is 2.75. The minimum absolute atomic E-state index is 0.0819. The molecule has 1 aliphatic rings. The number of alkyl carbamates (subject to hydrolysis) is 1. The van der Waals surface area contributed by atoms with E-state index in [1.54, 1.807) is 0 Å². The lowest BCUT2D eigenvalue weighted by molar-refractivity contribution is 0.115. The van der Waals surface area contributed by atoms with Gasteiger partial charge in [0.1, 0.15) is 6.61 Å². The van der Waals surface area contributed by atoms with E-state index in [-0.39, 0.29) is 19.3 Å². The third kappa shape index (κ3) is 5.62. The lowest BCUT2D eigenvalue weighted by atomic mass is 9.97. The van der Waals surface area contributed by atoms with Crippen LogP contribution in [0.3, 0.4) is 0 Å². The third-order valence-corrected chi connectivity index (χ3v) is 2.75. The minimum Gasteiger partial charge on any atom is -0.447 e. The molecule has 1 fully saturated rings. The van der Waals surface area contributed by atoms with E-state index in [1.165, 1.54) is 32.1 Å². The van der Waals surface area contributed by atoms with Crippen LogP contribution in [0.5, 0.6) is 0 Å². The molecule has 1 rings (SSSR count). The monoisotopic (exact) mass is 215 g/mol. The van der Waals surface area contributed by atoms with Crippen LogP contribution in [0, 0.1) is 0 Å². The van der Waals surface area contributed by atoms with Crippen molar-refractivity contribution in [3.8, 4) is 0 Å². The van der Waals surface area contributed by atoms with Gasteiger partial charge in [0.15, 0.2) is 0 Å². The first-order valence-electron chi connectivity index (χ1n) is 5.87. The standard InChI is InChI=1S/C11H21NO3/c13-8-9-15-11(14)12-10-6-4-2-1-3-5-7-10/h10,13H,1-9H2,(H,12,14). The van der Waals surface area contributed by atoms with E-state index in [0.717, 1.165) is 12.8 Å². The van der Waals surface area contributed by atoms with E-state index in [0.29, 0.717) is 0 Å². The molecule has 0 aromatic rings. The van der Waals surface area contributed by atoms with E-state index >= 15 is 0 Å². The van der Waals surface area contributed by atoms with Gasteiger partial charge in [-0.3, -0.25) is 0 Å². The van der Waals surface area contributed by atoms with Crippen molar-refractivity contribution in [3.63, 3.8) is 0 Å². The maximum absolute atomic E-state index is 11.2. The maximum Gasteiger partial charge on any atom is 0.407 e. The number of aliphatic hydroxyl groups is 1. The molecule has 0 aromatic heterocycles. The Balaban J connectivity index is 2.19. The number of nitrogens with one attached hydrogen (secondary N) is 1. The fraction of sp³-hybridized carbons (Fsp3) is 0.909. The molecule has 1 saturated carbocycles. The molecule has 88 valence electrons. The largest absolute Gasteiger partial charge is 0.447 e. The van der Waals surface area contributed by atoms with Crippen LogP contribution in [-0.2, 0) is 4.74 Å². The molecule has 0 unspecified atom stereocenters. The zero-order chi connectivity index (χ0) is 10.9. The molecule has 0 radical (unpaired) electrons. The Kier molecular flexibility index (Phi) is 6.16. The first-order chi connectivity index (χ1) is 7.33. The SMILES string of the molecule is O=C(NC1CCCCCCC1)OCCO. The number of carbonyl (C=O) groups is 1. The average Bonchev–Trinajstić information content (AvgIpc) is 2.19. The Hall–Kier alpha value is -0.770. The fourth-order valence-corrected chi connectivity index (χ4v) is 1.95. The Bertz CT molecular complexity index is 177. The summed E-state index contributed by atoms with van der Waals surface area (Å²) in [5, 5.41) is 11.3. The summed E-state index contributed by atoms with van der Waals surface area (Å²) in [7, 11) is 0. The molecule has 4 heteroatoms. The number of ether oxygens (including phenoxy) is 1. The van der Waals surface area contributed by atoms with Gasteiger partial charge in [-0.2, -0.15) is 0 Å². The Morgan fingerprint density at radius 1 is 1.20 bits per heavy atom. The number of hydrogen-bond donors (Lipinski definition) is 2. The lowest BCUT2D eigenvalue weighted by Gasteiger charge is -2.20. The summed E-state index contributed by atoms with van der Waals surface area (Å²) in [6.45, 7) is -0.0311. The summed E-state index contributed by atoms with van der Waals surface area (Å²) in [5.74, 6) is 0. The summed E-state index contributed by atoms with van der Waals surface area (Å²) in [4.78, 5) is 11.2. The zero-order valence-corrected chi connectivity index (χ0v) is 9.21. The predicted octanol–water partition coefficient (Wildman–Crippen LogP) is 1.82. The van der Waals surface area contributed by atoms with Crippen LogP contribution in [0.4, 0.5) is 4.79 Å². The molecule has 1 aliphatic carbocycles. The molecule has 0 saturated heterocycles. The molecule has 0 atom stereocenters. The van der Waals surface area contributed by atoms with Crippen LogP contribution < -0.4 is 5.32 Å². The highest BCUT2D eigenvalue weighted by atomic mass is 16.6. The number of carbonyl (C=O) groups excluding carboxylic acids is 1. The van der Waals surface area contributed by atoms with Gasteiger partial charge in [0, 0.05) is 6.04 Å². The highest BCUT2D eigenvalue weighted by Gasteiger charge is 2.14. The van der Waals surface area contributed by atoms with E-state index < -0.39 is 6.09 Å². The van der Waals surface area contributed by atoms with Crippen molar-refractivity contribution in [1.29, 1.82) is 0 Å². The Morgan fingerprint density at radius 3 is 2.40 bits per heavy atom. The van der Waals surface area contributed by atoms with E-state index in [1.807, 2.05) is 0 Å². The van der Waals surface area contributed by atoms with Crippen LogP contribution >= 0.6 is 0 Å². The molecule has 2 N–H and O–H groups in total. The highest BCUT2D eigenvalue weighted by molar-refractivity contribution is 5.67. The molecule has 0 aromatic carbocycles. The molecule has 15 heavy (non-hydrogen) atoms. The van der Waals surface area contributed by atoms with E-state index in [2.05, 4.69) is 5.32 Å². The summed E-state index contributed by atoms with van der Waals surface area (Å²) < 4.78 is 4.77. The van der Waals surface area contributed by atoms with Gasteiger partial charge < -0.3 is 15.2 Å². The van der Waals surface area contributed by atoms with Crippen LogP contribution in [0.1, 0.15) is 44.9 Å². The molecule has 0 bridgehead atoms. The van der Waals surface area contributed by atoms with Gasteiger partial charge in [-0.25, -0.2) is 4.79 Å². The fourth-order valence-electron chi connectivity index (χ4n) is 1.95. The molecule has 0 heterocycles. The minimum atomic E-state index is -0.394. The summed E-state index contributed by atoms with van der Waals surface area (Å²) in [6.07, 6.45) is 7.93. The van der Waals surface area contributed by atoms with Crippen LogP contribution in [0.15, 0.2) is 0 Å². The average molecular weight is 215 g/mol. The van der Waals surface area contributed by atoms with Crippen LogP contribution in [0.25, 0.3) is 0 Å². The van der Waals surface area contributed by atoms with Crippen molar-refractivity contribution in [1.82, 2.24) is 5.32 Å². The summed E-state index contributed by atoms with van der Waals surface area (Å²) in [5.41, 5.74) is 0. The molecule has 0 aliphatic heterocycles. The van der Waals surface area contributed by atoms with Crippen molar-refractivity contribution in [3.05, 3.63) is 0 Å². The number of amides is 1. The predicted molar refractivity (Wildman–Crippen MR) is 57.7 cm³/mol. The van der Waals surface area contributed by atoms with Gasteiger partial charge >= 0.3 is 6.09 Å². The van der Waals surface area contributed by atoms with Gasteiger partial charge in [0.25, 0.3) is 0 Å². The van der Waals surface area contributed by atoms with Gasteiger partial charge in [0.05, 0.1) is 6.61 Å². The van der Waals surface area contributed by atoms with Gasteiger partial charge in [-0.1, -0.05) is 32.1 Å².